The Hall–Kier alpha value is -3.38. The van der Waals surface area contributed by atoms with Crippen molar-refractivity contribution in [1.82, 2.24) is 4.90 Å². The van der Waals surface area contributed by atoms with Crippen LogP contribution in [0, 0.1) is 17.8 Å². The van der Waals surface area contributed by atoms with Gasteiger partial charge in [0.25, 0.3) is 0 Å². The predicted molar refractivity (Wildman–Crippen MR) is 195 cm³/mol. The maximum atomic E-state index is 13.7. The van der Waals surface area contributed by atoms with Crippen LogP contribution in [0.5, 0.6) is 11.5 Å². The lowest BCUT2D eigenvalue weighted by Crippen LogP contribution is -2.70. The van der Waals surface area contributed by atoms with Gasteiger partial charge in [0.2, 0.25) is 12.1 Å². The number of amides is 1. The first-order valence-corrected chi connectivity index (χ1v) is 18.9. The highest BCUT2D eigenvalue weighted by molar-refractivity contribution is 6.03. The fraction of sp³-hybridized carbons (Fsp3) is 0.650. The smallest absolute Gasteiger partial charge is 0.409 e. The SMILES string of the molecule is C=CCOc1ccc2c(c1)[C@H]1[C@H](CCCCO)[C@@H](CCCCO)C=C3C(=NOC4CCCCO4)C[C@H](N(CCC)C(=O)OC)[C@@](OCC=C)(O2)[C@H]31. The van der Waals surface area contributed by atoms with Crippen molar-refractivity contribution in [2.75, 3.05) is 46.7 Å². The highest BCUT2D eigenvalue weighted by Gasteiger charge is 2.65. The summed E-state index contributed by atoms with van der Waals surface area (Å²) in [6, 6.07) is 5.29. The molecular formula is C40H58N2O9. The average molecular weight is 711 g/mol. The Balaban J connectivity index is 1.76. The normalized spacial score (nSPS) is 28.8. The van der Waals surface area contributed by atoms with E-state index in [1.165, 1.54) is 7.11 Å². The number of fused-ring (bicyclic) bond motifs is 2. The van der Waals surface area contributed by atoms with E-state index in [1.54, 1.807) is 17.1 Å². The molecular weight excluding hydrogens is 652 g/mol. The molecule has 2 fully saturated rings. The summed E-state index contributed by atoms with van der Waals surface area (Å²) in [5.74, 6) is -0.224. The zero-order valence-corrected chi connectivity index (χ0v) is 30.5. The van der Waals surface area contributed by atoms with Crippen LogP contribution in [0.4, 0.5) is 4.79 Å². The fourth-order valence-corrected chi connectivity index (χ4v) is 8.54. The number of hydrogen-bond acceptors (Lipinski definition) is 10. The molecule has 2 N–H and O–H groups in total. The number of unbranched alkanes of at least 4 members (excludes halogenated alkanes) is 2. The van der Waals surface area contributed by atoms with Gasteiger partial charge >= 0.3 is 6.09 Å². The van der Waals surface area contributed by atoms with Gasteiger partial charge < -0.3 is 38.7 Å². The molecule has 0 spiro atoms. The van der Waals surface area contributed by atoms with Crippen LogP contribution >= 0.6 is 0 Å². The second-order valence-corrected chi connectivity index (χ2v) is 13.9. The van der Waals surface area contributed by atoms with Crippen LogP contribution in [0.25, 0.3) is 0 Å². The number of benzene rings is 1. The molecule has 1 saturated heterocycles. The van der Waals surface area contributed by atoms with Gasteiger partial charge in [0.05, 0.1) is 32.0 Å². The lowest BCUT2D eigenvalue weighted by molar-refractivity contribution is -0.255. The Kier molecular flexibility index (Phi) is 14.4. The number of aliphatic hydroxyl groups excluding tert-OH is 2. The average Bonchev–Trinajstić information content (AvgIpc) is 3.16. The van der Waals surface area contributed by atoms with E-state index in [0.29, 0.717) is 56.9 Å². The summed E-state index contributed by atoms with van der Waals surface area (Å²) in [5, 5.41) is 24.4. The summed E-state index contributed by atoms with van der Waals surface area (Å²) in [4.78, 5) is 21.6. The second-order valence-electron chi connectivity index (χ2n) is 13.9. The maximum Gasteiger partial charge on any atom is 0.409 e. The molecule has 11 nitrogen and oxygen atoms in total. The van der Waals surface area contributed by atoms with Crippen molar-refractivity contribution in [3.63, 3.8) is 0 Å². The Morgan fingerprint density at radius 2 is 1.88 bits per heavy atom. The van der Waals surface area contributed by atoms with Gasteiger partial charge in [0, 0.05) is 44.1 Å². The Morgan fingerprint density at radius 1 is 1.10 bits per heavy atom. The van der Waals surface area contributed by atoms with E-state index < -0.39 is 30.1 Å². The van der Waals surface area contributed by atoms with E-state index in [0.717, 1.165) is 61.8 Å². The third-order valence-corrected chi connectivity index (χ3v) is 10.7. The minimum absolute atomic E-state index is 0.118. The summed E-state index contributed by atoms with van der Waals surface area (Å²) in [5.41, 5.74) is 2.72. The third kappa shape index (κ3) is 8.64. The van der Waals surface area contributed by atoms with Gasteiger partial charge in [0.1, 0.15) is 24.1 Å². The van der Waals surface area contributed by atoms with Crippen molar-refractivity contribution in [2.45, 2.75) is 102 Å². The van der Waals surface area contributed by atoms with E-state index in [4.69, 9.17) is 33.7 Å². The molecule has 1 aromatic rings. The number of nitrogens with zero attached hydrogens (tertiary/aromatic N) is 2. The molecule has 2 aliphatic heterocycles. The predicted octanol–water partition coefficient (Wildman–Crippen LogP) is 6.89. The molecule has 2 heterocycles. The van der Waals surface area contributed by atoms with Gasteiger partial charge in [0.15, 0.2) is 0 Å². The number of rotatable bonds is 19. The van der Waals surface area contributed by atoms with Crippen LogP contribution in [0.3, 0.4) is 0 Å². The maximum absolute atomic E-state index is 13.7. The molecule has 1 aromatic carbocycles. The van der Waals surface area contributed by atoms with Crippen LogP contribution in [0.2, 0.25) is 0 Å². The zero-order valence-electron chi connectivity index (χ0n) is 30.5. The minimum atomic E-state index is -1.32. The Labute approximate surface area is 303 Å². The molecule has 282 valence electrons. The molecule has 51 heavy (non-hydrogen) atoms. The standard InChI is InChI=1S/C40H58N2O9/c1-5-19-42(39(45)46-4)35-27-33(41-51-36-16-10-13-24-48-36)31-25-28(14-8-11-20-43)30(15-9-12-21-44)37-32-26-29(47-22-6-2)17-18-34(32)50-40(35,38(31)37)49-23-7-3/h6-7,17-18,25-26,28,30,35-38,43-44H,2-3,5,8-16,19-24,27H2,1,4H3/t28-,30+,35-,36?,37+,38+,40+/m0/s1. The first kappa shape index (κ1) is 38.8. The molecule has 11 heteroatoms. The van der Waals surface area contributed by atoms with E-state index in [-0.39, 0.29) is 37.6 Å². The van der Waals surface area contributed by atoms with Crippen LogP contribution < -0.4 is 9.47 Å². The quantitative estimate of drug-likeness (QED) is 0.0896. The summed E-state index contributed by atoms with van der Waals surface area (Å²) < 4.78 is 31.5. The summed E-state index contributed by atoms with van der Waals surface area (Å²) in [7, 11) is 1.40. The summed E-state index contributed by atoms with van der Waals surface area (Å²) in [6.07, 6.45) is 13.4. The number of ether oxygens (including phenoxy) is 5. The number of methoxy groups -OCH3 is 1. The highest BCUT2D eigenvalue weighted by atomic mass is 16.8. The minimum Gasteiger partial charge on any atom is -0.490 e. The summed E-state index contributed by atoms with van der Waals surface area (Å²) in [6.45, 7) is 11.7. The zero-order chi connectivity index (χ0) is 36.2. The molecule has 5 rings (SSSR count). The van der Waals surface area contributed by atoms with Crippen LogP contribution in [0.1, 0.15) is 89.0 Å². The number of oxime groups is 1. The third-order valence-electron chi connectivity index (χ3n) is 10.7. The largest absolute Gasteiger partial charge is 0.490 e. The van der Waals surface area contributed by atoms with Crippen molar-refractivity contribution in [2.24, 2.45) is 22.9 Å². The van der Waals surface area contributed by atoms with Gasteiger partial charge in [-0.3, -0.25) is 4.90 Å². The lowest BCUT2D eigenvalue weighted by Gasteiger charge is -2.59. The molecule has 2 aliphatic carbocycles. The first-order chi connectivity index (χ1) is 25.0. The number of carbonyl (C=O) groups excluding carboxylic acids is 1. The van der Waals surface area contributed by atoms with E-state index >= 15 is 0 Å². The fourth-order valence-electron chi connectivity index (χ4n) is 8.54. The molecule has 0 radical (unpaired) electrons. The molecule has 7 atom stereocenters. The van der Waals surface area contributed by atoms with Gasteiger partial charge in [-0.2, -0.15) is 0 Å². The molecule has 0 aromatic heterocycles. The molecule has 0 bridgehead atoms. The van der Waals surface area contributed by atoms with Crippen LogP contribution in [-0.4, -0.2) is 91.7 Å². The first-order valence-electron chi connectivity index (χ1n) is 18.9. The van der Waals surface area contributed by atoms with E-state index in [2.05, 4.69) is 25.3 Å². The van der Waals surface area contributed by atoms with E-state index in [1.807, 2.05) is 19.1 Å². The summed E-state index contributed by atoms with van der Waals surface area (Å²) >= 11 is 0. The topological polar surface area (TPSA) is 129 Å². The molecule has 1 saturated carbocycles. The molecule has 1 unspecified atom stereocenters. The Morgan fingerprint density at radius 3 is 2.57 bits per heavy atom. The number of carbonyl (C=O) groups is 1. The van der Waals surface area contributed by atoms with Crippen molar-refractivity contribution >= 4 is 11.8 Å². The molecule has 1 amide bonds. The van der Waals surface area contributed by atoms with Crippen molar-refractivity contribution in [1.29, 1.82) is 0 Å². The van der Waals surface area contributed by atoms with E-state index in [9.17, 15) is 15.0 Å². The lowest BCUT2D eigenvalue weighted by atomic mass is 9.55. The monoisotopic (exact) mass is 710 g/mol. The van der Waals surface area contributed by atoms with Crippen LogP contribution in [0.15, 0.2) is 60.3 Å². The number of hydrogen-bond donors (Lipinski definition) is 2. The van der Waals surface area contributed by atoms with Gasteiger partial charge in [-0.25, -0.2) is 4.79 Å². The van der Waals surface area contributed by atoms with Gasteiger partial charge in [-0.1, -0.05) is 49.7 Å². The van der Waals surface area contributed by atoms with Gasteiger partial charge in [-0.05, 0) is 80.6 Å². The Bertz CT molecular complexity index is 1380. The second kappa shape index (κ2) is 18.9. The van der Waals surface area contributed by atoms with Crippen molar-refractivity contribution < 1.29 is 43.5 Å². The highest BCUT2D eigenvalue weighted by Crippen LogP contribution is 2.62. The van der Waals surface area contributed by atoms with Crippen molar-refractivity contribution in [3.05, 3.63) is 60.7 Å². The molecule has 4 aliphatic rings. The van der Waals surface area contributed by atoms with Gasteiger partial charge in [-0.15, -0.1) is 6.58 Å². The van der Waals surface area contributed by atoms with Crippen LogP contribution in [-0.2, 0) is 19.0 Å². The number of aliphatic hydroxyl groups is 2. The number of allylic oxidation sites excluding steroid dienone is 1. The van der Waals surface area contributed by atoms with Crippen molar-refractivity contribution in [3.8, 4) is 11.5 Å².